The number of rotatable bonds is 43. The van der Waals surface area contributed by atoms with Crippen molar-refractivity contribution in [3.63, 3.8) is 0 Å². The zero-order valence-electron chi connectivity index (χ0n) is 68.1. The number of aliphatic hydroxyl groups excluding tert-OH is 1. The van der Waals surface area contributed by atoms with Crippen LogP contribution in [-0.4, -0.2) is 238 Å². The molecule has 10 rings (SSSR count). The first-order valence-electron chi connectivity index (χ1n) is 40.5. The van der Waals surface area contributed by atoms with Crippen LogP contribution in [0, 0.1) is 5.92 Å². The molecule has 13 amide bonds. The van der Waals surface area contributed by atoms with Gasteiger partial charge < -0.3 is 105 Å². The summed E-state index contributed by atoms with van der Waals surface area (Å²) in [6.45, 7) is 3.80. The highest BCUT2D eigenvalue weighted by atomic mass is 32.2. The fraction of sp³-hybridized carbons (Fsp3) is 0.407. The molecule has 2 fully saturated rings. The number of benzene rings is 5. The number of aromatic nitrogens is 4. The number of H-pyrrole nitrogens is 3. The summed E-state index contributed by atoms with van der Waals surface area (Å²) < 4.78 is 0. The number of carboxylic acids is 1. The first kappa shape index (κ1) is 91.3. The van der Waals surface area contributed by atoms with Gasteiger partial charge in [-0.1, -0.05) is 123 Å². The van der Waals surface area contributed by atoms with Crippen LogP contribution >= 0.6 is 11.8 Å². The molecule has 2 aliphatic heterocycles. The van der Waals surface area contributed by atoms with Crippen LogP contribution in [0.1, 0.15) is 99.2 Å². The van der Waals surface area contributed by atoms with E-state index in [-0.39, 0.29) is 83.0 Å². The molecule has 0 aliphatic carbocycles. The first-order chi connectivity index (χ1) is 58.5. The SMILES string of the molecule is CSCC[C@H](NC(=O)[C@H](Cc1ccc(O)cc1)NC(=O)[C@@H](N)Cc1ccccc1)C(=O)N1CCC[C@H]1C(=O)N[C@@H](Cc1ccccc1)C(=O)NCC(=O)N1CCC[C@H]1C(=O)N[C@H](C(=O)N[C@@H](Cc1c[nH]c2ccccc12)C(=O)N[C@@H](Cc1c[nH]c2ccccc12)C(=O)N[C@@H](CCC(N)=O)C(=O)N[C@@H](Cc1cnc[nH]1)C(=O)N[C@H](C(=O)O)C(C)C)[C@@H](C)O. The molecule has 8 aromatic rings. The summed E-state index contributed by atoms with van der Waals surface area (Å²) in [6, 6.07) is 21.2. The first-order valence-corrected chi connectivity index (χ1v) is 41.9. The van der Waals surface area contributed by atoms with E-state index in [1.807, 2.05) is 36.6 Å². The van der Waals surface area contributed by atoms with Crippen LogP contribution in [0.4, 0.5) is 0 Å². The van der Waals surface area contributed by atoms with Crippen LogP contribution in [0.2, 0.25) is 0 Å². The van der Waals surface area contributed by atoms with Crippen LogP contribution in [0.5, 0.6) is 5.75 Å². The number of phenolic OH excluding ortho intramolecular Hbond substituents is 1. The highest BCUT2D eigenvalue weighted by molar-refractivity contribution is 7.98. The Balaban J connectivity index is 0.825. The number of phenols is 1. The van der Waals surface area contributed by atoms with E-state index in [4.69, 9.17) is 11.5 Å². The maximum absolute atomic E-state index is 15.3. The lowest BCUT2D eigenvalue weighted by molar-refractivity contribution is -0.143. The number of para-hydroxylation sites is 2. The number of fused-ring (bicyclic) bond motifs is 2. The molecule has 0 unspecified atom stereocenters. The molecule has 36 heteroatoms. The largest absolute Gasteiger partial charge is 0.508 e. The molecule has 648 valence electrons. The Hall–Kier alpha value is -13.0. The van der Waals surface area contributed by atoms with Crippen LogP contribution in [-0.2, 0) is 106 Å². The number of aromatic hydroxyl groups is 1. The molecule has 0 spiro atoms. The number of aliphatic carboxylic acids is 1. The number of primary amides is 1. The predicted molar refractivity (Wildman–Crippen MR) is 452 cm³/mol. The van der Waals surface area contributed by atoms with E-state index in [1.165, 1.54) is 53.1 Å². The fourth-order valence-corrected chi connectivity index (χ4v) is 15.4. The molecule has 122 heavy (non-hydrogen) atoms. The van der Waals surface area contributed by atoms with Crippen LogP contribution < -0.4 is 64.6 Å². The van der Waals surface area contributed by atoms with E-state index < -0.39 is 187 Å². The molecule has 0 radical (unpaired) electrons. The van der Waals surface area contributed by atoms with Crippen molar-refractivity contribution in [1.82, 2.24) is 82.9 Å². The molecule has 5 heterocycles. The number of carbonyl (C=O) groups excluding carboxylic acids is 13. The molecule has 13 atom stereocenters. The van der Waals surface area contributed by atoms with Crippen molar-refractivity contribution in [2.24, 2.45) is 17.4 Å². The summed E-state index contributed by atoms with van der Waals surface area (Å²) in [5.41, 5.74) is 16.6. The number of thioether (sulfide) groups is 1. The van der Waals surface area contributed by atoms with Gasteiger partial charge in [-0.25, -0.2) is 9.78 Å². The van der Waals surface area contributed by atoms with Gasteiger partial charge >= 0.3 is 5.97 Å². The predicted octanol–water partition coefficient (Wildman–Crippen LogP) is 0.763. The number of carbonyl (C=O) groups is 14. The number of nitrogens with one attached hydrogen (secondary N) is 13. The van der Waals surface area contributed by atoms with Gasteiger partial charge in [0.05, 0.1) is 25.0 Å². The van der Waals surface area contributed by atoms with Crippen molar-refractivity contribution in [2.45, 2.75) is 183 Å². The molecule has 35 nitrogen and oxygen atoms in total. The quantitative estimate of drug-likeness (QED) is 0.0251. The average Bonchev–Trinajstić information content (AvgIpc) is 1.62. The van der Waals surface area contributed by atoms with E-state index in [1.54, 1.807) is 117 Å². The standard InChI is InChI=1S/C86H106N18O17S/c1-48(2)73(86(120)121)101-81(115)68(42-55-45-89-47-93-55)98-77(111)62(31-32-71(88)107)94-79(113)66(40-53-43-90-60-23-13-11-21-57(53)60)97-80(114)67(41-54-44-91-61-24-14-12-22-58(54)61)100-84(118)74(49(3)105)102-83(117)69-25-15-34-103(69)72(108)46-92-76(110)64(38-51-19-9-6-10-20-51)99-82(116)70-26-16-35-104(70)85(119)63(33-36-122-4)95-78(112)65(39-52-27-29-56(106)30-28-52)96-75(109)59(87)37-50-17-7-5-8-18-50/h5-14,17-24,27-30,43-45,47-49,59,62-70,73-74,90-91,105-106H,15-16,25-26,31-42,46,87H2,1-4H3,(H2,88,107)(H,89,93)(H,92,110)(H,94,113)(H,95,112)(H,96,109)(H,97,114)(H,98,111)(H,99,116)(H,100,118)(H,101,115)(H,102,117)(H,120,121)/t49-,59+,62+,63+,64+,65+,66+,67+,68+,69+,70+,73+,74+/m1/s1. The third kappa shape index (κ3) is 25.3. The summed E-state index contributed by atoms with van der Waals surface area (Å²) in [4.78, 5) is 216. The van der Waals surface area contributed by atoms with E-state index >= 15 is 9.59 Å². The number of amides is 13. The summed E-state index contributed by atoms with van der Waals surface area (Å²) >= 11 is 1.42. The lowest BCUT2D eigenvalue weighted by Crippen LogP contribution is -2.62. The van der Waals surface area contributed by atoms with Gasteiger partial charge in [-0.15, -0.1) is 0 Å². The lowest BCUT2D eigenvalue weighted by atomic mass is 10.00. The Morgan fingerprint density at radius 3 is 1.51 bits per heavy atom. The maximum atomic E-state index is 15.3. The molecule has 2 aliphatic rings. The fourth-order valence-electron chi connectivity index (χ4n) is 15.0. The number of hydrogen-bond donors (Lipinski definition) is 18. The zero-order valence-corrected chi connectivity index (χ0v) is 68.9. The van der Waals surface area contributed by atoms with E-state index in [2.05, 4.69) is 73.1 Å². The Kier molecular flexibility index (Phi) is 32.8. The van der Waals surface area contributed by atoms with Crippen molar-refractivity contribution in [2.75, 3.05) is 31.6 Å². The smallest absolute Gasteiger partial charge is 0.326 e. The number of nitrogens with two attached hydrogens (primary N) is 2. The van der Waals surface area contributed by atoms with Crippen LogP contribution in [0.3, 0.4) is 0 Å². The second kappa shape index (κ2) is 43.8. The number of aliphatic hydroxyl groups is 1. The topological polar surface area (TPSA) is 539 Å². The third-order valence-corrected chi connectivity index (χ3v) is 22.2. The molecule has 3 aromatic heterocycles. The minimum Gasteiger partial charge on any atom is -0.508 e. The highest BCUT2D eigenvalue weighted by Crippen LogP contribution is 2.26. The molecule has 2 saturated heterocycles. The van der Waals surface area contributed by atoms with Gasteiger partial charge in [-0.2, -0.15) is 11.8 Å². The van der Waals surface area contributed by atoms with E-state index in [0.29, 0.717) is 61.9 Å². The Bertz CT molecular complexity index is 4990. The number of carboxylic acid groups (broad SMARTS) is 1. The zero-order chi connectivity index (χ0) is 87.7. The minimum atomic E-state index is -1.81. The number of imidazole rings is 1. The van der Waals surface area contributed by atoms with Crippen molar-refractivity contribution < 1.29 is 82.4 Å². The van der Waals surface area contributed by atoms with Gasteiger partial charge in [0.1, 0.15) is 72.2 Å². The third-order valence-electron chi connectivity index (χ3n) is 21.6. The van der Waals surface area contributed by atoms with Gasteiger partial charge in [-0.05, 0) is 122 Å². The average molecular weight is 1700 g/mol. The molecule has 5 aromatic carbocycles. The molecule has 0 bridgehead atoms. The Labute approximate surface area is 707 Å². The summed E-state index contributed by atoms with van der Waals surface area (Å²) in [6.07, 6.45) is 5.48. The molecular formula is C86H106N18O17S. The molecule has 20 N–H and O–H groups in total. The van der Waals surface area contributed by atoms with Crippen molar-refractivity contribution in [3.05, 3.63) is 192 Å². The second-order valence-electron chi connectivity index (χ2n) is 30.9. The van der Waals surface area contributed by atoms with Gasteiger partial charge in [0.15, 0.2) is 0 Å². The van der Waals surface area contributed by atoms with Crippen molar-refractivity contribution in [1.29, 1.82) is 0 Å². The number of likely N-dealkylation sites (tertiary alicyclic amines) is 2. The normalized spacial score (nSPS) is 16.5. The van der Waals surface area contributed by atoms with Gasteiger partial charge in [-0.3, -0.25) is 62.3 Å². The molecule has 0 saturated carbocycles. The van der Waals surface area contributed by atoms with Crippen LogP contribution in [0.15, 0.2) is 158 Å². The van der Waals surface area contributed by atoms with E-state index in [9.17, 15) is 72.9 Å². The van der Waals surface area contributed by atoms with Crippen molar-refractivity contribution in [3.8, 4) is 5.75 Å². The van der Waals surface area contributed by atoms with Crippen molar-refractivity contribution >= 4 is 116 Å². The monoisotopic (exact) mass is 1690 g/mol. The number of nitrogens with zero attached hydrogens (tertiary/aromatic N) is 3. The summed E-state index contributed by atoms with van der Waals surface area (Å²) in [5.74, 6) is -12.4. The minimum absolute atomic E-state index is 0.0108. The number of aromatic amines is 3. The van der Waals surface area contributed by atoms with E-state index in [0.717, 1.165) is 5.56 Å². The summed E-state index contributed by atoms with van der Waals surface area (Å²) in [7, 11) is 0. The molecular weight excluding hydrogens is 1590 g/mol. The van der Waals surface area contributed by atoms with Gasteiger partial charge in [0, 0.05) is 97.7 Å². The second-order valence-corrected chi connectivity index (χ2v) is 31.9. The maximum Gasteiger partial charge on any atom is 0.326 e. The van der Waals surface area contributed by atoms with Crippen LogP contribution in [0.25, 0.3) is 21.8 Å². The number of hydrogen-bond acceptors (Lipinski definition) is 19. The summed E-state index contributed by atoms with van der Waals surface area (Å²) in [5, 5.41) is 59.5. The lowest BCUT2D eigenvalue weighted by Gasteiger charge is -2.31. The Morgan fingerprint density at radius 1 is 0.500 bits per heavy atom. The highest BCUT2D eigenvalue weighted by Gasteiger charge is 2.43. The van der Waals surface area contributed by atoms with Gasteiger partial charge in [0.25, 0.3) is 0 Å². The van der Waals surface area contributed by atoms with Gasteiger partial charge in [0.2, 0.25) is 76.8 Å². The Morgan fingerprint density at radius 2 is 0.967 bits per heavy atom.